The molecule has 0 aromatic carbocycles. The quantitative estimate of drug-likeness (QED) is 0.0278. The number of carbonyl (C=O) groups is 2. The lowest BCUT2D eigenvalue weighted by Gasteiger charge is -2.24. The lowest BCUT2D eigenvalue weighted by atomic mass is 10.0. The van der Waals surface area contributed by atoms with Crippen LogP contribution in [0.25, 0.3) is 0 Å². The Labute approximate surface area is 416 Å². The second-order valence-corrected chi connectivity index (χ2v) is 22.9. The van der Waals surface area contributed by atoms with Crippen molar-refractivity contribution in [3.63, 3.8) is 0 Å². The van der Waals surface area contributed by atoms with Crippen LogP contribution >= 0.6 is 7.82 Å². The molecule has 400 valence electrons. The largest absolute Gasteiger partial charge is 0.472 e. The Morgan fingerprint density at radius 3 is 0.955 bits per heavy atom. The maximum atomic E-state index is 12.8. The minimum atomic E-state index is -4.38. The lowest BCUT2D eigenvalue weighted by molar-refractivity contribution is -0.870. The number of phosphoric ester groups is 1. The summed E-state index contributed by atoms with van der Waals surface area (Å²) in [7, 11) is 1.50. The molecule has 2 atom stereocenters. The fraction of sp³-hybridized carbons (Fsp3) is 0.965. The first-order valence-corrected chi connectivity index (χ1v) is 30.8. The molecule has 67 heavy (non-hydrogen) atoms. The summed E-state index contributed by atoms with van der Waals surface area (Å²) >= 11 is 0. The minimum absolute atomic E-state index is 0.0374. The van der Waals surface area contributed by atoms with Crippen LogP contribution in [0.3, 0.4) is 0 Å². The fourth-order valence-electron chi connectivity index (χ4n) is 8.84. The van der Waals surface area contributed by atoms with E-state index in [0.717, 1.165) is 38.5 Å². The van der Waals surface area contributed by atoms with Gasteiger partial charge in [0.2, 0.25) is 0 Å². The molecule has 0 heterocycles. The topological polar surface area (TPSA) is 108 Å². The van der Waals surface area contributed by atoms with Crippen LogP contribution in [0.1, 0.15) is 303 Å². The molecule has 0 fully saturated rings. The van der Waals surface area contributed by atoms with Crippen molar-refractivity contribution in [1.82, 2.24) is 0 Å². The Morgan fingerprint density at radius 1 is 0.403 bits per heavy atom. The molecule has 0 bridgehead atoms. The standard InChI is InChI=1S/C57H114NO8P/c1-6-8-10-12-14-16-18-20-22-24-26-28-30-31-33-35-37-39-41-43-45-47-49-56(59)63-53-55(54-65-67(61,62)64-52-51-58(3,4)5)66-57(60)50-48-46-44-42-40-38-36-34-32-29-27-25-23-21-19-17-15-13-11-9-7-2/h55H,6-54H2,1-5H3/p+1. The maximum Gasteiger partial charge on any atom is 0.472 e. The van der Waals surface area contributed by atoms with E-state index in [9.17, 15) is 19.0 Å². The summed E-state index contributed by atoms with van der Waals surface area (Å²) in [6.07, 6.45) is 56.0. The summed E-state index contributed by atoms with van der Waals surface area (Å²) in [6.45, 7) is 4.51. The SMILES string of the molecule is CCCCCCCCCCCCCCCCCCCCCCCCC(=O)OCC(COP(=O)(O)OCC[N+](C)(C)C)OC(=O)CCCCCCCCCCCCCCCCCCCCCCC. The smallest absolute Gasteiger partial charge is 0.462 e. The van der Waals surface area contributed by atoms with E-state index in [1.807, 2.05) is 21.1 Å². The molecule has 0 aliphatic carbocycles. The first kappa shape index (κ1) is 66.0. The third-order valence-corrected chi connectivity index (χ3v) is 14.4. The van der Waals surface area contributed by atoms with Crippen molar-refractivity contribution in [2.45, 2.75) is 309 Å². The first-order chi connectivity index (χ1) is 32.5. The van der Waals surface area contributed by atoms with Gasteiger partial charge in [-0.3, -0.25) is 18.6 Å². The fourth-order valence-corrected chi connectivity index (χ4v) is 9.58. The van der Waals surface area contributed by atoms with Gasteiger partial charge in [0, 0.05) is 12.8 Å². The van der Waals surface area contributed by atoms with Crippen molar-refractivity contribution in [3.8, 4) is 0 Å². The van der Waals surface area contributed by atoms with Gasteiger partial charge < -0.3 is 18.9 Å². The van der Waals surface area contributed by atoms with E-state index in [0.29, 0.717) is 17.4 Å². The van der Waals surface area contributed by atoms with Crippen LogP contribution < -0.4 is 0 Å². The first-order valence-electron chi connectivity index (χ1n) is 29.3. The Morgan fingerprint density at radius 2 is 0.672 bits per heavy atom. The van der Waals surface area contributed by atoms with Gasteiger partial charge in [0.15, 0.2) is 6.10 Å². The highest BCUT2D eigenvalue weighted by Crippen LogP contribution is 2.43. The average molecular weight is 974 g/mol. The van der Waals surface area contributed by atoms with Gasteiger partial charge in [-0.05, 0) is 12.8 Å². The minimum Gasteiger partial charge on any atom is -0.462 e. The van der Waals surface area contributed by atoms with Crippen LogP contribution in [-0.4, -0.2) is 74.9 Å². The van der Waals surface area contributed by atoms with Gasteiger partial charge in [-0.25, -0.2) is 4.57 Å². The second kappa shape index (κ2) is 50.0. The number of esters is 2. The molecule has 1 N–H and O–H groups in total. The van der Waals surface area contributed by atoms with Gasteiger partial charge in [0.05, 0.1) is 27.7 Å². The molecule has 0 radical (unpaired) electrons. The van der Waals surface area contributed by atoms with Gasteiger partial charge in [-0.1, -0.05) is 277 Å². The lowest BCUT2D eigenvalue weighted by Crippen LogP contribution is -2.37. The van der Waals surface area contributed by atoms with Gasteiger partial charge in [0.1, 0.15) is 19.8 Å². The number of likely N-dealkylation sites (N-methyl/N-ethyl adjacent to an activating group) is 1. The highest BCUT2D eigenvalue weighted by atomic mass is 31.2. The molecule has 0 rings (SSSR count). The molecule has 0 aliphatic heterocycles. The van der Waals surface area contributed by atoms with Crippen LogP contribution in [0.5, 0.6) is 0 Å². The number of unbranched alkanes of at least 4 members (excludes halogenated alkanes) is 41. The molecule has 2 unspecified atom stereocenters. The van der Waals surface area contributed by atoms with Crippen LogP contribution in [0.15, 0.2) is 0 Å². The number of nitrogens with zero attached hydrogens (tertiary/aromatic N) is 1. The summed E-state index contributed by atoms with van der Waals surface area (Å²) in [5.41, 5.74) is 0. The van der Waals surface area contributed by atoms with Crippen LogP contribution in [0.2, 0.25) is 0 Å². The maximum absolute atomic E-state index is 12.8. The number of rotatable bonds is 55. The molecule has 0 saturated carbocycles. The Balaban J connectivity index is 4.10. The molecule has 0 aromatic heterocycles. The molecule has 9 nitrogen and oxygen atoms in total. The van der Waals surface area contributed by atoms with E-state index in [4.69, 9.17) is 18.5 Å². The summed E-state index contributed by atoms with van der Waals surface area (Å²) < 4.78 is 34.6. The van der Waals surface area contributed by atoms with E-state index in [2.05, 4.69) is 13.8 Å². The average Bonchev–Trinajstić information content (AvgIpc) is 3.29. The third-order valence-electron chi connectivity index (χ3n) is 13.4. The third kappa shape index (κ3) is 54.2. The molecule has 0 aliphatic rings. The Bertz CT molecular complexity index is 1100. The number of hydrogen-bond donors (Lipinski definition) is 1. The number of ether oxygens (including phenoxy) is 2. The van der Waals surface area contributed by atoms with Crippen molar-refractivity contribution in [2.75, 3.05) is 47.5 Å². The van der Waals surface area contributed by atoms with Crippen LogP contribution in [-0.2, 0) is 32.7 Å². The predicted octanol–water partition coefficient (Wildman–Crippen LogP) is 17.9. The molecular weight excluding hydrogens is 858 g/mol. The van der Waals surface area contributed by atoms with Gasteiger partial charge in [-0.15, -0.1) is 0 Å². The molecule has 0 saturated heterocycles. The van der Waals surface area contributed by atoms with Gasteiger partial charge >= 0.3 is 19.8 Å². The van der Waals surface area contributed by atoms with Crippen molar-refractivity contribution >= 4 is 19.8 Å². The van der Waals surface area contributed by atoms with Crippen molar-refractivity contribution < 1.29 is 42.1 Å². The predicted molar refractivity (Wildman–Crippen MR) is 285 cm³/mol. The van der Waals surface area contributed by atoms with Gasteiger partial charge in [0.25, 0.3) is 0 Å². The highest BCUT2D eigenvalue weighted by Gasteiger charge is 2.27. The number of quaternary nitrogens is 1. The molecule has 0 spiro atoms. The highest BCUT2D eigenvalue weighted by molar-refractivity contribution is 7.47. The zero-order valence-electron chi connectivity index (χ0n) is 45.4. The monoisotopic (exact) mass is 973 g/mol. The van der Waals surface area contributed by atoms with Gasteiger partial charge in [-0.2, -0.15) is 0 Å². The van der Waals surface area contributed by atoms with E-state index in [-0.39, 0.29) is 25.6 Å². The Kier molecular flexibility index (Phi) is 49.2. The van der Waals surface area contributed by atoms with E-state index >= 15 is 0 Å². The van der Waals surface area contributed by atoms with E-state index < -0.39 is 26.5 Å². The Hall–Kier alpha value is -0.990. The van der Waals surface area contributed by atoms with Crippen LogP contribution in [0.4, 0.5) is 0 Å². The van der Waals surface area contributed by atoms with Crippen molar-refractivity contribution in [1.29, 1.82) is 0 Å². The summed E-state index contributed by atoms with van der Waals surface area (Å²) in [5, 5.41) is 0. The van der Waals surface area contributed by atoms with Crippen molar-refractivity contribution in [2.24, 2.45) is 0 Å². The van der Waals surface area contributed by atoms with Crippen molar-refractivity contribution in [3.05, 3.63) is 0 Å². The molecular formula is C57H115NO8P+. The number of carbonyl (C=O) groups excluding carboxylic acids is 2. The van der Waals surface area contributed by atoms with E-state index in [1.165, 1.54) is 238 Å². The normalized spacial score (nSPS) is 13.2. The molecule has 0 aromatic rings. The second-order valence-electron chi connectivity index (χ2n) is 21.4. The summed E-state index contributed by atoms with van der Waals surface area (Å²) in [6, 6.07) is 0. The molecule has 0 amide bonds. The zero-order chi connectivity index (χ0) is 49.2. The summed E-state index contributed by atoms with van der Waals surface area (Å²) in [4.78, 5) is 35.7. The van der Waals surface area contributed by atoms with Crippen LogP contribution in [0, 0.1) is 0 Å². The zero-order valence-corrected chi connectivity index (χ0v) is 46.3. The van der Waals surface area contributed by atoms with E-state index in [1.54, 1.807) is 0 Å². The molecule has 10 heteroatoms. The summed E-state index contributed by atoms with van der Waals surface area (Å²) in [5.74, 6) is -0.772. The number of phosphoric acid groups is 1. The number of hydrogen-bond acceptors (Lipinski definition) is 7.